The number of thiazole rings is 1. The molecule has 0 amide bonds. The van der Waals surface area contributed by atoms with Crippen LogP contribution in [0.3, 0.4) is 0 Å². The summed E-state index contributed by atoms with van der Waals surface area (Å²) in [5.41, 5.74) is 0.251. The van der Waals surface area contributed by atoms with Gasteiger partial charge in [-0.1, -0.05) is 0 Å². The minimum absolute atomic E-state index is 0.290. The first kappa shape index (κ1) is 14.4. The van der Waals surface area contributed by atoms with E-state index in [2.05, 4.69) is 10.3 Å². The average molecular weight is 284 g/mol. The molecule has 1 heterocycles. The van der Waals surface area contributed by atoms with Crippen LogP contribution in [-0.2, 0) is 11.3 Å². The first-order valence-electron chi connectivity index (χ1n) is 6.55. The molecule has 1 aromatic heterocycles. The number of aliphatic carboxylic acids is 1. The van der Waals surface area contributed by atoms with Crippen LogP contribution in [0, 0.1) is 12.8 Å². The molecule has 0 saturated heterocycles. The Hall–Kier alpha value is -0.980. The Labute approximate surface area is 116 Å². The number of rotatable bonds is 5. The zero-order valence-corrected chi connectivity index (χ0v) is 11.9. The third-order valence-electron chi connectivity index (χ3n) is 3.66. The first-order valence-corrected chi connectivity index (χ1v) is 7.43. The molecule has 2 rings (SSSR count). The van der Waals surface area contributed by atoms with Crippen LogP contribution in [0.4, 0.5) is 0 Å². The molecule has 0 aliphatic heterocycles. The van der Waals surface area contributed by atoms with Crippen molar-refractivity contribution in [1.82, 2.24) is 10.3 Å². The SMILES string of the molecule is Cc1csc(CNCC2(O)CCC(C(=O)O)CC2)n1. The molecule has 5 nitrogen and oxygen atoms in total. The molecule has 0 aromatic carbocycles. The van der Waals surface area contributed by atoms with E-state index in [0.29, 0.717) is 38.8 Å². The number of nitrogens with one attached hydrogen (secondary N) is 1. The Morgan fingerprint density at radius 3 is 2.79 bits per heavy atom. The molecular formula is C13H20N2O3S. The predicted molar refractivity (Wildman–Crippen MR) is 73.1 cm³/mol. The van der Waals surface area contributed by atoms with Crippen molar-refractivity contribution in [2.45, 2.75) is 44.8 Å². The molecule has 0 bridgehead atoms. The van der Waals surface area contributed by atoms with Gasteiger partial charge in [0.1, 0.15) is 5.01 Å². The predicted octanol–water partition coefficient (Wildman–Crippen LogP) is 1.55. The number of carboxylic acid groups (broad SMARTS) is 1. The van der Waals surface area contributed by atoms with Gasteiger partial charge in [0.05, 0.1) is 11.5 Å². The van der Waals surface area contributed by atoms with Gasteiger partial charge in [-0.05, 0) is 32.6 Å². The van der Waals surface area contributed by atoms with Gasteiger partial charge in [0.15, 0.2) is 0 Å². The molecule has 106 valence electrons. The Bertz CT molecular complexity index is 439. The molecule has 6 heteroatoms. The van der Waals surface area contributed by atoms with Crippen LogP contribution in [0.5, 0.6) is 0 Å². The lowest BCUT2D eigenvalue weighted by Crippen LogP contribution is -2.44. The summed E-state index contributed by atoms with van der Waals surface area (Å²) in [6.07, 6.45) is 2.22. The van der Waals surface area contributed by atoms with Gasteiger partial charge in [0, 0.05) is 24.2 Å². The Kier molecular flexibility index (Phi) is 4.54. The number of hydrogen-bond acceptors (Lipinski definition) is 5. The van der Waals surface area contributed by atoms with Gasteiger partial charge in [-0.15, -0.1) is 11.3 Å². The number of carboxylic acids is 1. The average Bonchev–Trinajstić information content (AvgIpc) is 2.75. The van der Waals surface area contributed by atoms with Crippen LogP contribution in [-0.4, -0.2) is 33.3 Å². The zero-order valence-electron chi connectivity index (χ0n) is 11.1. The molecule has 0 unspecified atom stereocenters. The second kappa shape index (κ2) is 5.98. The molecule has 1 saturated carbocycles. The lowest BCUT2D eigenvalue weighted by molar-refractivity contribution is -0.144. The normalized spacial score (nSPS) is 27.4. The quantitative estimate of drug-likeness (QED) is 0.764. The molecule has 1 fully saturated rings. The Balaban J connectivity index is 1.75. The van der Waals surface area contributed by atoms with Crippen molar-refractivity contribution in [1.29, 1.82) is 0 Å². The number of nitrogens with zero attached hydrogens (tertiary/aromatic N) is 1. The molecule has 0 radical (unpaired) electrons. The van der Waals surface area contributed by atoms with Crippen LogP contribution in [0.1, 0.15) is 36.4 Å². The highest BCUT2D eigenvalue weighted by molar-refractivity contribution is 7.09. The van der Waals surface area contributed by atoms with E-state index >= 15 is 0 Å². The smallest absolute Gasteiger partial charge is 0.306 e. The van der Waals surface area contributed by atoms with E-state index in [4.69, 9.17) is 5.11 Å². The van der Waals surface area contributed by atoms with Crippen LogP contribution >= 0.6 is 11.3 Å². The van der Waals surface area contributed by atoms with E-state index in [1.807, 2.05) is 12.3 Å². The fourth-order valence-corrected chi connectivity index (χ4v) is 3.21. The van der Waals surface area contributed by atoms with Gasteiger partial charge in [-0.3, -0.25) is 4.79 Å². The maximum absolute atomic E-state index is 10.9. The van der Waals surface area contributed by atoms with Crippen LogP contribution in [0.15, 0.2) is 5.38 Å². The molecular weight excluding hydrogens is 264 g/mol. The van der Waals surface area contributed by atoms with E-state index < -0.39 is 11.6 Å². The van der Waals surface area contributed by atoms with Crippen molar-refractivity contribution in [2.24, 2.45) is 5.92 Å². The minimum Gasteiger partial charge on any atom is -0.481 e. The van der Waals surface area contributed by atoms with Gasteiger partial charge in [-0.25, -0.2) is 4.98 Å². The number of aromatic nitrogens is 1. The number of carbonyl (C=O) groups is 1. The summed E-state index contributed by atoms with van der Waals surface area (Å²) in [5, 5.41) is 25.6. The van der Waals surface area contributed by atoms with Crippen LogP contribution in [0.25, 0.3) is 0 Å². The van der Waals surface area contributed by atoms with E-state index in [9.17, 15) is 9.90 Å². The van der Waals surface area contributed by atoms with Crippen molar-refractivity contribution in [3.05, 3.63) is 16.1 Å². The second-order valence-electron chi connectivity index (χ2n) is 5.32. The van der Waals surface area contributed by atoms with Gasteiger partial charge in [0.2, 0.25) is 0 Å². The fraction of sp³-hybridized carbons (Fsp3) is 0.692. The summed E-state index contributed by atoms with van der Waals surface area (Å²) in [4.78, 5) is 15.2. The minimum atomic E-state index is -0.766. The lowest BCUT2D eigenvalue weighted by Gasteiger charge is -2.34. The Morgan fingerprint density at radius 2 is 2.26 bits per heavy atom. The molecule has 1 aromatic rings. The van der Waals surface area contributed by atoms with Crippen molar-refractivity contribution < 1.29 is 15.0 Å². The van der Waals surface area contributed by atoms with Crippen molar-refractivity contribution in [3.63, 3.8) is 0 Å². The van der Waals surface area contributed by atoms with Crippen LogP contribution in [0.2, 0.25) is 0 Å². The van der Waals surface area contributed by atoms with Crippen molar-refractivity contribution in [2.75, 3.05) is 6.54 Å². The van der Waals surface area contributed by atoms with Gasteiger partial charge in [-0.2, -0.15) is 0 Å². The van der Waals surface area contributed by atoms with Crippen LogP contribution < -0.4 is 5.32 Å². The number of aliphatic hydroxyl groups is 1. The molecule has 1 aliphatic rings. The lowest BCUT2D eigenvalue weighted by atomic mass is 9.79. The maximum Gasteiger partial charge on any atom is 0.306 e. The van der Waals surface area contributed by atoms with Crippen molar-refractivity contribution in [3.8, 4) is 0 Å². The van der Waals surface area contributed by atoms with E-state index in [-0.39, 0.29) is 5.92 Å². The molecule has 3 N–H and O–H groups in total. The summed E-state index contributed by atoms with van der Waals surface area (Å²) in [7, 11) is 0. The third-order valence-corrected chi connectivity index (χ3v) is 4.63. The highest BCUT2D eigenvalue weighted by Gasteiger charge is 2.35. The largest absolute Gasteiger partial charge is 0.481 e. The monoisotopic (exact) mass is 284 g/mol. The number of aryl methyl sites for hydroxylation is 1. The summed E-state index contributed by atoms with van der Waals surface area (Å²) in [5.74, 6) is -1.03. The van der Waals surface area contributed by atoms with Gasteiger partial charge >= 0.3 is 5.97 Å². The van der Waals surface area contributed by atoms with E-state index in [1.54, 1.807) is 11.3 Å². The summed E-state index contributed by atoms with van der Waals surface area (Å²) in [6, 6.07) is 0. The van der Waals surface area contributed by atoms with Gasteiger partial charge < -0.3 is 15.5 Å². The topological polar surface area (TPSA) is 82.5 Å². The van der Waals surface area contributed by atoms with E-state index in [0.717, 1.165) is 10.7 Å². The highest BCUT2D eigenvalue weighted by Crippen LogP contribution is 2.31. The van der Waals surface area contributed by atoms with Crippen molar-refractivity contribution >= 4 is 17.3 Å². The molecule has 0 atom stereocenters. The zero-order chi connectivity index (χ0) is 13.9. The fourth-order valence-electron chi connectivity index (χ4n) is 2.46. The second-order valence-corrected chi connectivity index (χ2v) is 6.27. The van der Waals surface area contributed by atoms with Gasteiger partial charge in [0.25, 0.3) is 0 Å². The standard InChI is InChI=1S/C13H20N2O3S/c1-9-7-19-11(15-9)6-14-8-13(18)4-2-10(3-5-13)12(16)17/h7,10,14,18H,2-6,8H2,1H3,(H,16,17). The summed E-state index contributed by atoms with van der Waals surface area (Å²) in [6.45, 7) is 3.11. The summed E-state index contributed by atoms with van der Waals surface area (Å²) >= 11 is 1.61. The molecule has 0 spiro atoms. The molecule has 1 aliphatic carbocycles. The third kappa shape index (κ3) is 3.99. The summed E-state index contributed by atoms with van der Waals surface area (Å²) < 4.78 is 0. The first-order chi connectivity index (χ1) is 8.98. The van der Waals surface area contributed by atoms with E-state index in [1.165, 1.54) is 0 Å². The Morgan fingerprint density at radius 1 is 1.58 bits per heavy atom. The maximum atomic E-state index is 10.9. The molecule has 19 heavy (non-hydrogen) atoms. The highest BCUT2D eigenvalue weighted by atomic mass is 32.1. The number of hydrogen-bond donors (Lipinski definition) is 3.